The minimum atomic E-state index is -0.296. The quantitative estimate of drug-likeness (QED) is 0.380. The van der Waals surface area contributed by atoms with Gasteiger partial charge in [-0.1, -0.05) is 48.2 Å². The number of fused-ring (bicyclic) bond motifs is 3. The number of rotatable bonds is 3. The lowest BCUT2D eigenvalue weighted by molar-refractivity contribution is 0.0925. The highest BCUT2D eigenvalue weighted by atomic mass is 32.2. The van der Waals surface area contributed by atoms with Crippen LogP contribution in [-0.2, 0) is 0 Å². The summed E-state index contributed by atoms with van der Waals surface area (Å²) in [6, 6.07) is 18.0. The van der Waals surface area contributed by atoms with Gasteiger partial charge in [-0.2, -0.15) is 0 Å². The van der Waals surface area contributed by atoms with Crippen molar-refractivity contribution in [3.63, 3.8) is 0 Å². The zero-order chi connectivity index (χ0) is 18.3. The van der Waals surface area contributed by atoms with Gasteiger partial charge in [0, 0.05) is 22.2 Å². The molecule has 2 aromatic heterocycles. The molecule has 0 aliphatic heterocycles. The third-order valence-corrected chi connectivity index (χ3v) is 5.34. The number of carbonyl (C=O) groups excluding carboxylic acids is 1. The minimum absolute atomic E-state index is 0.0372. The fourth-order valence-electron chi connectivity index (χ4n) is 3.30. The third kappa shape index (κ3) is 2.88. The van der Waals surface area contributed by atoms with E-state index in [9.17, 15) is 4.79 Å². The molecule has 26 heavy (non-hydrogen) atoms. The third-order valence-electron chi connectivity index (χ3n) is 4.39. The van der Waals surface area contributed by atoms with Crippen molar-refractivity contribution in [1.82, 2.24) is 14.5 Å². The molecule has 2 aromatic carbocycles. The van der Waals surface area contributed by atoms with E-state index in [2.05, 4.69) is 22.1 Å². The van der Waals surface area contributed by atoms with Crippen molar-refractivity contribution >= 4 is 39.5 Å². The summed E-state index contributed by atoms with van der Waals surface area (Å²) < 4.78 is 1.82. The number of hydrogen-bond acceptors (Lipinski definition) is 4. The molecule has 0 aliphatic rings. The summed E-state index contributed by atoms with van der Waals surface area (Å²) in [5, 5.41) is 2.53. The smallest absolute Gasteiger partial charge is 0.244 e. The van der Waals surface area contributed by atoms with Crippen molar-refractivity contribution < 1.29 is 4.79 Å². The number of benzene rings is 2. The first kappa shape index (κ1) is 16.8. The topological polar surface area (TPSA) is 47.8 Å². The number of nitrogens with zero attached hydrogens (tertiary/aromatic N) is 3. The van der Waals surface area contributed by atoms with Crippen molar-refractivity contribution in [2.24, 2.45) is 0 Å². The summed E-state index contributed by atoms with van der Waals surface area (Å²) in [4.78, 5) is 22.2. The Morgan fingerprint density at radius 2 is 1.42 bits per heavy atom. The first-order valence-corrected chi connectivity index (χ1v) is 9.44. The second-order valence-corrected chi connectivity index (χ2v) is 7.71. The predicted molar refractivity (Wildman–Crippen MR) is 107 cm³/mol. The first-order chi connectivity index (χ1) is 12.5. The Balaban J connectivity index is 1.77. The molecule has 5 heteroatoms. The molecule has 0 fully saturated rings. The Morgan fingerprint density at radius 3 is 1.96 bits per heavy atom. The molecule has 0 radical (unpaired) electrons. The van der Waals surface area contributed by atoms with E-state index in [1.807, 2.05) is 67.8 Å². The maximum absolute atomic E-state index is 13.3. The molecule has 0 spiro atoms. The standard InChI is InChI=1S/C21H19N3OS/c1-13-12-14(2)23-21(22-13)26-15(3)20(25)24-18-10-6-4-8-16(18)17-9-5-7-11-19(17)24/h4-12,15H,1-3H3. The van der Waals surface area contributed by atoms with E-state index in [-0.39, 0.29) is 11.2 Å². The van der Waals surface area contributed by atoms with E-state index in [0.717, 1.165) is 33.2 Å². The highest BCUT2D eigenvalue weighted by Gasteiger charge is 2.22. The number of hydrogen-bond donors (Lipinski definition) is 0. The van der Waals surface area contributed by atoms with Gasteiger partial charge in [0.25, 0.3) is 0 Å². The Morgan fingerprint density at radius 1 is 0.923 bits per heavy atom. The fourth-order valence-corrected chi connectivity index (χ4v) is 4.21. The van der Waals surface area contributed by atoms with Gasteiger partial charge in [0.05, 0.1) is 16.3 Å². The van der Waals surface area contributed by atoms with Crippen LogP contribution in [0.4, 0.5) is 0 Å². The average Bonchev–Trinajstić information content (AvgIpc) is 2.94. The molecule has 2 heterocycles. The zero-order valence-electron chi connectivity index (χ0n) is 14.9. The Bertz CT molecular complexity index is 1060. The van der Waals surface area contributed by atoms with E-state index in [1.54, 1.807) is 0 Å². The maximum atomic E-state index is 13.3. The number of aryl methyl sites for hydroxylation is 2. The molecule has 4 nitrogen and oxygen atoms in total. The lowest BCUT2D eigenvalue weighted by Crippen LogP contribution is -2.21. The molecule has 0 saturated carbocycles. The molecule has 130 valence electrons. The van der Waals surface area contributed by atoms with E-state index >= 15 is 0 Å². The second kappa shape index (κ2) is 6.57. The van der Waals surface area contributed by atoms with E-state index < -0.39 is 0 Å². The van der Waals surface area contributed by atoms with Crippen LogP contribution in [0.25, 0.3) is 21.8 Å². The van der Waals surface area contributed by atoms with Crippen LogP contribution in [0.15, 0.2) is 59.8 Å². The molecule has 4 aromatic rings. The van der Waals surface area contributed by atoms with E-state index in [4.69, 9.17) is 0 Å². The first-order valence-electron chi connectivity index (χ1n) is 8.56. The summed E-state index contributed by atoms with van der Waals surface area (Å²) in [5.41, 5.74) is 3.70. The Kier molecular flexibility index (Phi) is 4.24. The van der Waals surface area contributed by atoms with Gasteiger partial charge in [0.2, 0.25) is 5.91 Å². The largest absolute Gasteiger partial charge is 0.279 e. The van der Waals surface area contributed by atoms with Crippen molar-refractivity contribution in [3.8, 4) is 0 Å². The van der Waals surface area contributed by atoms with Gasteiger partial charge in [-0.05, 0) is 39.0 Å². The van der Waals surface area contributed by atoms with Crippen LogP contribution in [-0.4, -0.2) is 25.7 Å². The van der Waals surface area contributed by atoms with Crippen molar-refractivity contribution in [3.05, 3.63) is 66.0 Å². The van der Waals surface area contributed by atoms with Crippen molar-refractivity contribution in [2.45, 2.75) is 31.2 Å². The number of para-hydroxylation sites is 2. The molecule has 4 rings (SSSR count). The van der Waals surface area contributed by atoms with Gasteiger partial charge in [0.15, 0.2) is 5.16 Å². The van der Waals surface area contributed by atoms with Gasteiger partial charge in [-0.3, -0.25) is 9.36 Å². The van der Waals surface area contributed by atoms with Crippen LogP contribution in [0.1, 0.15) is 23.1 Å². The van der Waals surface area contributed by atoms with Crippen LogP contribution >= 0.6 is 11.8 Å². The summed E-state index contributed by atoms with van der Waals surface area (Å²) in [7, 11) is 0. The summed E-state index contributed by atoms with van der Waals surface area (Å²) in [6.45, 7) is 5.80. The minimum Gasteiger partial charge on any atom is -0.279 e. The normalized spacial score (nSPS) is 12.6. The fraction of sp³-hybridized carbons (Fsp3) is 0.190. The molecule has 0 N–H and O–H groups in total. The lowest BCUT2D eigenvalue weighted by Gasteiger charge is -2.12. The highest BCUT2D eigenvalue weighted by molar-refractivity contribution is 8.00. The van der Waals surface area contributed by atoms with Crippen LogP contribution in [0.5, 0.6) is 0 Å². The van der Waals surface area contributed by atoms with Crippen LogP contribution in [0.3, 0.4) is 0 Å². The molecule has 1 atom stereocenters. The predicted octanol–water partition coefficient (Wildman–Crippen LogP) is 5.02. The van der Waals surface area contributed by atoms with Gasteiger partial charge < -0.3 is 0 Å². The SMILES string of the molecule is Cc1cc(C)nc(SC(C)C(=O)n2c3ccccc3c3ccccc32)n1. The van der Waals surface area contributed by atoms with Crippen molar-refractivity contribution in [1.29, 1.82) is 0 Å². The monoisotopic (exact) mass is 361 g/mol. The van der Waals surface area contributed by atoms with E-state index in [0.29, 0.717) is 5.16 Å². The summed E-state index contributed by atoms with van der Waals surface area (Å²) >= 11 is 1.40. The van der Waals surface area contributed by atoms with Gasteiger partial charge in [-0.15, -0.1) is 0 Å². The molecule has 1 unspecified atom stereocenters. The Hall–Kier alpha value is -2.66. The number of aromatic nitrogens is 3. The Labute approximate surface area is 156 Å². The molecule has 0 saturated heterocycles. The molecule has 0 amide bonds. The van der Waals surface area contributed by atoms with Gasteiger partial charge in [0.1, 0.15) is 0 Å². The van der Waals surface area contributed by atoms with Crippen LogP contribution in [0.2, 0.25) is 0 Å². The summed E-state index contributed by atoms with van der Waals surface area (Å²) in [6.07, 6.45) is 0. The molecular weight excluding hydrogens is 342 g/mol. The molecule has 0 aliphatic carbocycles. The van der Waals surface area contributed by atoms with Crippen molar-refractivity contribution in [2.75, 3.05) is 0 Å². The molecule has 0 bridgehead atoms. The summed E-state index contributed by atoms with van der Waals surface area (Å²) in [5.74, 6) is 0.0372. The number of carbonyl (C=O) groups is 1. The maximum Gasteiger partial charge on any atom is 0.244 e. The van der Waals surface area contributed by atoms with Crippen LogP contribution in [0, 0.1) is 13.8 Å². The van der Waals surface area contributed by atoms with E-state index in [1.165, 1.54) is 11.8 Å². The van der Waals surface area contributed by atoms with Gasteiger partial charge >= 0.3 is 0 Å². The second-order valence-electron chi connectivity index (χ2n) is 6.40. The molecular formula is C21H19N3OS. The zero-order valence-corrected chi connectivity index (χ0v) is 15.7. The van der Waals surface area contributed by atoms with Crippen LogP contribution < -0.4 is 0 Å². The number of thioether (sulfide) groups is 1. The van der Waals surface area contributed by atoms with Gasteiger partial charge in [-0.25, -0.2) is 9.97 Å². The highest BCUT2D eigenvalue weighted by Crippen LogP contribution is 2.31. The average molecular weight is 361 g/mol. The lowest BCUT2D eigenvalue weighted by atomic mass is 10.2.